The molecule has 0 aromatic heterocycles. The summed E-state index contributed by atoms with van der Waals surface area (Å²) >= 11 is 0. The Kier molecular flexibility index (Phi) is 1.33. The van der Waals surface area contributed by atoms with E-state index in [-0.39, 0.29) is 6.17 Å². The molecule has 0 saturated carbocycles. The summed E-state index contributed by atoms with van der Waals surface area (Å²) in [6.07, 6.45) is 3.84. The molecule has 0 saturated heterocycles. The van der Waals surface area contributed by atoms with E-state index in [1.165, 1.54) is 0 Å². The second-order valence-corrected chi connectivity index (χ2v) is 1.87. The van der Waals surface area contributed by atoms with Gasteiger partial charge in [-0.2, -0.15) is 0 Å². The van der Waals surface area contributed by atoms with E-state index in [1.54, 1.807) is 6.20 Å². The van der Waals surface area contributed by atoms with Crippen LogP contribution in [0.2, 0.25) is 0 Å². The molecule has 0 fully saturated rings. The standard InChI is InChI=1S/C6H9N2/c1-5-3-4-7-6(2)8-5/h3-4,6H,1-2H3. The molecule has 0 N–H and O–H groups in total. The smallest absolute Gasteiger partial charge is 0.137 e. The predicted molar refractivity (Wildman–Crippen MR) is 33.8 cm³/mol. The topological polar surface area (TPSA) is 26.5 Å². The van der Waals surface area contributed by atoms with Gasteiger partial charge in [0.2, 0.25) is 0 Å². The van der Waals surface area contributed by atoms with Crippen LogP contribution in [-0.2, 0) is 0 Å². The maximum absolute atomic E-state index is 4.15. The summed E-state index contributed by atoms with van der Waals surface area (Å²) < 4.78 is 0. The van der Waals surface area contributed by atoms with Gasteiger partial charge < -0.3 is 0 Å². The van der Waals surface area contributed by atoms with Crippen molar-refractivity contribution < 1.29 is 0 Å². The Morgan fingerprint density at radius 1 is 1.62 bits per heavy atom. The Morgan fingerprint density at radius 3 is 2.75 bits per heavy atom. The van der Waals surface area contributed by atoms with Crippen LogP contribution in [0.4, 0.5) is 0 Å². The van der Waals surface area contributed by atoms with E-state index in [0.29, 0.717) is 0 Å². The van der Waals surface area contributed by atoms with Crippen molar-refractivity contribution in [3.63, 3.8) is 0 Å². The minimum Gasteiger partial charge on any atom is -0.267 e. The van der Waals surface area contributed by atoms with Gasteiger partial charge in [-0.05, 0) is 19.9 Å². The highest BCUT2D eigenvalue weighted by Crippen LogP contribution is 1.95. The van der Waals surface area contributed by atoms with Crippen molar-refractivity contribution in [2.45, 2.75) is 20.0 Å². The van der Waals surface area contributed by atoms with E-state index in [2.05, 4.69) is 10.3 Å². The van der Waals surface area contributed by atoms with Crippen LogP contribution in [0.25, 0.3) is 0 Å². The van der Waals surface area contributed by atoms with E-state index < -0.39 is 0 Å². The molecule has 2 nitrogen and oxygen atoms in total. The van der Waals surface area contributed by atoms with Crippen LogP contribution >= 0.6 is 0 Å². The van der Waals surface area contributed by atoms with E-state index in [0.717, 1.165) is 5.71 Å². The van der Waals surface area contributed by atoms with Crippen LogP contribution in [0.5, 0.6) is 0 Å². The molecule has 0 aliphatic carbocycles. The van der Waals surface area contributed by atoms with Gasteiger partial charge >= 0.3 is 0 Å². The van der Waals surface area contributed by atoms with Crippen LogP contribution in [-0.4, -0.2) is 11.9 Å². The van der Waals surface area contributed by atoms with Gasteiger partial charge in [0.05, 0.1) is 0 Å². The first-order valence-electron chi connectivity index (χ1n) is 2.70. The van der Waals surface area contributed by atoms with Crippen LogP contribution in [0.3, 0.4) is 0 Å². The Labute approximate surface area is 49.3 Å². The fourth-order valence-corrected chi connectivity index (χ4v) is 0.647. The highest BCUT2D eigenvalue weighted by Gasteiger charge is 1.99. The molecule has 1 rings (SSSR count). The van der Waals surface area contributed by atoms with Crippen molar-refractivity contribution in [2.75, 3.05) is 0 Å². The summed E-state index contributed by atoms with van der Waals surface area (Å²) in [7, 11) is 0. The molecule has 1 radical (unpaired) electrons. The number of allylic oxidation sites excluding steroid dienone is 1. The van der Waals surface area contributed by atoms with Gasteiger partial charge in [-0.1, -0.05) is 0 Å². The average Bonchev–Trinajstić information content (AvgIpc) is 1.64. The fraction of sp³-hybridized carbons (Fsp3) is 0.500. The van der Waals surface area contributed by atoms with Gasteiger partial charge in [-0.3, -0.25) is 10.3 Å². The monoisotopic (exact) mass is 109 g/mol. The molecule has 0 aromatic rings. The third kappa shape index (κ3) is 1.09. The first kappa shape index (κ1) is 5.35. The third-order valence-corrected chi connectivity index (χ3v) is 1.01. The predicted octanol–water partition coefficient (Wildman–Crippen LogP) is 0.925. The maximum atomic E-state index is 4.15. The van der Waals surface area contributed by atoms with Crippen molar-refractivity contribution >= 4 is 5.71 Å². The average molecular weight is 109 g/mol. The lowest BCUT2D eigenvalue weighted by Crippen LogP contribution is -2.15. The Hall–Kier alpha value is -0.790. The lowest BCUT2D eigenvalue weighted by molar-refractivity contribution is 0.654. The van der Waals surface area contributed by atoms with Gasteiger partial charge in [0, 0.05) is 11.9 Å². The number of aliphatic imine (C=N–C) groups is 1. The lowest BCUT2D eigenvalue weighted by atomic mass is 10.3. The second kappa shape index (κ2) is 1.99. The Balaban J connectivity index is 2.63. The first-order chi connectivity index (χ1) is 3.79. The van der Waals surface area contributed by atoms with Crippen LogP contribution in [0.1, 0.15) is 13.8 Å². The zero-order chi connectivity index (χ0) is 5.98. The summed E-state index contributed by atoms with van der Waals surface area (Å²) in [6.45, 7) is 3.94. The zero-order valence-electron chi connectivity index (χ0n) is 5.13. The molecule has 1 aliphatic rings. The van der Waals surface area contributed by atoms with Crippen molar-refractivity contribution in [3.8, 4) is 0 Å². The highest BCUT2D eigenvalue weighted by atomic mass is 15.1. The molecule has 0 spiro atoms. The normalized spacial score (nSPS) is 26.8. The third-order valence-electron chi connectivity index (χ3n) is 1.01. The molecule has 1 heterocycles. The summed E-state index contributed by atoms with van der Waals surface area (Å²) in [5, 5.41) is 4.01. The highest BCUT2D eigenvalue weighted by molar-refractivity contribution is 5.93. The molecular formula is C6H9N2. The maximum Gasteiger partial charge on any atom is 0.137 e. The largest absolute Gasteiger partial charge is 0.267 e. The molecule has 1 atom stereocenters. The van der Waals surface area contributed by atoms with Crippen molar-refractivity contribution in [1.29, 1.82) is 0 Å². The minimum atomic E-state index is 0.139. The van der Waals surface area contributed by atoms with Crippen LogP contribution in [0, 0.1) is 0 Å². The molecule has 0 bridgehead atoms. The SMILES string of the molecule is CC1=NC(C)[N]C=C1. The van der Waals surface area contributed by atoms with Gasteiger partial charge in [-0.15, -0.1) is 0 Å². The number of nitrogens with zero attached hydrogens (tertiary/aromatic N) is 2. The fourth-order valence-electron chi connectivity index (χ4n) is 0.647. The van der Waals surface area contributed by atoms with Crippen molar-refractivity contribution in [1.82, 2.24) is 5.32 Å². The molecular weight excluding hydrogens is 100 g/mol. The number of rotatable bonds is 0. The van der Waals surface area contributed by atoms with Gasteiger partial charge in [0.25, 0.3) is 0 Å². The van der Waals surface area contributed by atoms with Crippen molar-refractivity contribution in [2.24, 2.45) is 4.99 Å². The molecule has 2 heteroatoms. The Morgan fingerprint density at radius 2 is 2.38 bits per heavy atom. The molecule has 1 unspecified atom stereocenters. The quantitative estimate of drug-likeness (QED) is 0.442. The summed E-state index contributed by atoms with van der Waals surface area (Å²) in [4.78, 5) is 4.15. The van der Waals surface area contributed by atoms with Gasteiger partial charge in [-0.25, -0.2) is 0 Å². The summed E-state index contributed by atoms with van der Waals surface area (Å²) in [5.74, 6) is 0. The van der Waals surface area contributed by atoms with Gasteiger partial charge in [0.1, 0.15) is 6.17 Å². The minimum absolute atomic E-state index is 0.139. The second-order valence-electron chi connectivity index (χ2n) is 1.87. The van der Waals surface area contributed by atoms with Crippen LogP contribution in [0.15, 0.2) is 17.3 Å². The van der Waals surface area contributed by atoms with Gasteiger partial charge in [0.15, 0.2) is 0 Å². The van der Waals surface area contributed by atoms with Crippen LogP contribution < -0.4 is 5.32 Å². The number of hydrogen-bond acceptors (Lipinski definition) is 1. The first-order valence-corrected chi connectivity index (χ1v) is 2.70. The summed E-state index contributed by atoms with van der Waals surface area (Å²) in [6, 6.07) is 0. The van der Waals surface area contributed by atoms with E-state index >= 15 is 0 Å². The molecule has 8 heavy (non-hydrogen) atoms. The molecule has 0 amide bonds. The van der Waals surface area contributed by atoms with E-state index in [1.807, 2.05) is 19.9 Å². The van der Waals surface area contributed by atoms with E-state index in [9.17, 15) is 0 Å². The molecule has 1 aliphatic heterocycles. The zero-order valence-corrected chi connectivity index (χ0v) is 5.13. The summed E-state index contributed by atoms with van der Waals surface area (Å²) in [5.41, 5.74) is 1.06. The van der Waals surface area contributed by atoms with E-state index in [4.69, 9.17) is 0 Å². The van der Waals surface area contributed by atoms with Crippen molar-refractivity contribution in [3.05, 3.63) is 12.3 Å². The Bertz CT molecular complexity index is 135. The lowest BCUT2D eigenvalue weighted by Gasteiger charge is -2.07. The molecule has 43 valence electrons. The molecule has 0 aromatic carbocycles. The number of hydrogen-bond donors (Lipinski definition) is 0.